The van der Waals surface area contributed by atoms with Crippen molar-refractivity contribution in [1.82, 2.24) is 4.72 Å². The molecule has 2 nitrogen and oxygen atoms in total. The van der Waals surface area contributed by atoms with Gasteiger partial charge in [-0.2, -0.15) is 0 Å². The summed E-state index contributed by atoms with van der Waals surface area (Å²) in [5.41, 5.74) is 1.24. The van der Waals surface area contributed by atoms with Crippen molar-refractivity contribution in [1.29, 1.82) is 0 Å². The van der Waals surface area contributed by atoms with Crippen LogP contribution in [0, 0.1) is 0 Å². The van der Waals surface area contributed by atoms with Gasteiger partial charge < -0.3 is 4.55 Å². The third kappa shape index (κ3) is 5.11. The minimum absolute atomic E-state index is 0.0590. The molecule has 0 saturated carbocycles. The normalized spacial score (nSPS) is 14.9. The predicted molar refractivity (Wildman–Crippen MR) is 95.9 cm³/mol. The van der Waals surface area contributed by atoms with E-state index in [-0.39, 0.29) is 10.8 Å². The molecule has 1 aromatic carbocycles. The van der Waals surface area contributed by atoms with Crippen molar-refractivity contribution < 1.29 is 4.55 Å². The van der Waals surface area contributed by atoms with Gasteiger partial charge in [-0.1, -0.05) is 30.3 Å². The number of rotatable bonds is 5. The van der Waals surface area contributed by atoms with Crippen molar-refractivity contribution in [2.24, 2.45) is 0 Å². The van der Waals surface area contributed by atoms with Gasteiger partial charge in [0.1, 0.15) is 4.75 Å². The summed E-state index contributed by atoms with van der Waals surface area (Å²) in [6, 6.07) is 12.5. The van der Waals surface area contributed by atoms with Crippen molar-refractivity contribution >= 4 is 38.6 Å². The van der Waals surface area contributed by atoms with E-state index >= 15 is 0 Å². The zero-order valence-electron chi connectivity index (χ0n) is 12.4. The van der Waals surface area contributed by atoms with E-state index in [1.54, 1.807) is 11.3 Å². The summed E-state index contributed by atoms with van der Waals surface area (Å²) in [6.07, 6.45) is 0.829. The van der Waals surface area contributed by atoms with Crippen LogP contribution < -0.4 is 4.72 Å². The van der Waals surface area contributed by atoms with E-state index in [0.717, 1.165) is 10.9 Å². The molecule has 0 aliphatic carbocycles. The van der Waals surface area contributed by atoms with Gasteiger partial charge in [-0.3, -0.25) is 0 Å². The van der Waals surface area contributed by atoms with E-state index in [4.69, 9.17) is 0 Å². The first kappa shape index (κ1) is 17.0. The number of benzene rings is 1. The molecule has 0 fully saturated rings. The zero-order chi connectivity index (χ0) is 15.5. The van der Waals surface area contributed by atoms with Crippen LogP contribution >= 0.6 is 27.3 Å². The van der Waals surface area contributed by atoms with Gasteiger partial charge in [-0.05, 0) is 54.8 Å². The Morgan fingerprint density at radius 2 is 1.95 bits per heavy atom. The topological polar surface area (TPSA) is 35.1 Å². The molecule has 0 radical (unpaired) electrons. The highest BCUT2D eigenvalue weighted by Crippen LogP contribution is 2.30. The van der Waals surface area contributed by atoms with Crippen molar-refractivity contribution in [2.75, 3.05) is 0 Å². The molecule has 0 aliphatic rings. The SMILES string of the molecule is CC(C)(C)[S+]([O-])NC(Cc1ccccc1)c1cc(Br)cs1. The standard InChI is InChI=1S/C16H20BrNOS2/c1-16(2,3)21(19)18-14(15-10-13(17)11-20-15)9-12-7-5-4-6-8-12/h4-8,10-11,14,18H,9H2,1-3H3. The monoisotopic (exact) mass is 385 g/mol. The number of hydrogen-bond donors (Lipinski definition) is 1. The maximum absolute atomic E-state index is 12.4. The second-order valence-electron chi connectivity index (χ2n) is 5.91. The molecule has 2 unspecified atom stereocenters. The Labute approximate surface area is 142 Å². The molecule has 2 aromatic rings. The number of thiophene rings is 1. The molecule has 0 bridgehead atoms. The zero-order valence-corrected chi connectivity index (χ0v) is 15.6. The van der Waals surface area contributed by atoms with Gasteiger partial charge in [-0.25, -0.2) is 0 Å². The van der Waals surface area contributed by atoms with Crippen LogP contribution in [-0.4, -0.2) is 9.30 Å². The molecule has 2 rings (SSSR count). The molecule has 1 N–H and O–H groups in total. The number of nitrogens with one attached hydrogen (secondary N) is 1. The number of hydrogen-bond acceptors (Lipinski definition) is 3. The number of halogens is 1. The minimum atomic E-state index is -1.09. The predicted octanol–water partition coefficient (Wildman–Crippen LogP) is 4.85. The summed E-state index contributed by atoms with van der Waals surface area (Å²) in [4.78, 5) is 1.20. The molecule has 1 aromatic heterocycles. The molecule has 5 heteroatoms. The maximum Gasteiger partial charge on any atom is 0.136 e. The van der Waals surface area contributed by atoms with Gasteiger partial charge in [0.2, 0.25) is 0 Å². The fourth-order valence-electron chi connectivity index (χ4n) is 1.87. The molecule has 1 heterocycles. The second-order valence-corrected chi connectivity index (χ2v) is 9.76. The van der Waals surface area contributed by atoms with E-state index in [9.17, 15) is 4.55 Å². The molecule has 0 spiro atoms. The molecule has 0 saturated heterocycles. The van der Waals surface area contributed by atoms with Crippen LogP contribution in [0.5, 0.6) is 0 Å². The first-order valence-corrected chi connectivity index (χ1v) is 9.64. The first-order chi connectivity index (χ1) is 9.86. The lowest BCUT2D eigenvalue weighted by molar-refractivity contribution is 0.524. The molecular weight excluding hydrogens is 366 g/mol. The smallest absolute Gasteiger partial charge is 0.136 e. The van der Waals surface area contributed by atoms with E-state index in [1.165, 1.54) is 10.4 Å². The third-order valence-corrected chi connectivity index (χ3v) is 6.44. The highest BCUT2D eigenvalue weighted by molar-refractivity contribution is 9.10. The van der Waals surface area contributed by atoms with Gasteiger partial charge in [0.05, 0.1) is 6.04 Å². The Kier molecular flexibility index (Phi) is 5.91. The lowest BCUT2D eigenvalue weighted by atomic mass is 10.1. The lowest BCUT2D eigenvalue weighted by Crippen LogP contribution is -2.41. The summed E-state index contributed by atoms with van der Waals surface area (Å²) in [7, 11) is 0. The van der Waals surface area contributed by atoms with Crippen LogP contribution in [-0.2, 0) is 17.8 Å². The van der Waals surface area contributed by atoms with E-state index in [0.29, 0.717) is 0 Å². The largest absolute Gasteiger partial charge is 0.598 e. The van der Waals surface area contributed by atoms with Crippen LogP contribution in [0.25, 0.3) is 0 Å². The summed E-state index contributed by atoms with van der Waals surface area (Å²) in [5.74, 6) is 0. The second kappa shape index (κ2) is 7.29. The van der Waals surface area contributed by atoms with Crippen molar-refractivity contribution in [2.45, 2.75) is 38.0 Å². The quantitative estimate of drug-likeness (QED) is 0.746. The minimum Gasteiger partial charge on any atom is -0.598 e. The Bertz CT molecular complexity index is 565. The Balaban J connectivity index is 2.18. The average Bonchev–Trinajstić information content (AvgIpc) is 2.84. The molecule has 2 atom stereocenters. The van der Waals surface area contributed by atoms with Crippen molar-refractivity contribution in [3.8, 4) is 0 Å². The molecule has 21 heavy (non-hydrogen) atoms. The van der Waals surface area contributed by atoms with Crippen LogP contribution in [0.2, 0.25) is 0 Å². The van der Waals surface area contributed by atoms with Crippen LogP contribution in [0.3, 0.4) is 0 Å². The highest BCUT2D eigenvalue weighted by atomic mass is 79.9. The summed E-state index contributed by atoms with van der Waals surface area (Å²) in [6.45, 7) is 5.96. The summed E-state index contributed by atoms with van der Waals surface area (Å²) in [5, 5.41) is 2.06. The van der Waals surface area contributed by atoms with Crippen molar-refractivity contribution in [3.05, 3.63) is 56.7 Å². The van der Waals surface area contributed by atoms with Gasteiger partial charge >= 0.3 is 0 Å². The first-order valence-electron chi connectivity index (χ1n) is 6.82. The third-order valence-electron chi connectivity index (χ3n) is 3.02. The van der Waals surface area contributed by atoms with Crippen molar-refractivity contribution in [3.63, 3.8) is 0 Å². The molecule has 114 valence electrons. The maximum atomic E-state index is 12.4. The van der Waals surface area contributed by atoms with E-state index < -0.39 is 11.4 Å². The van der Waals surface area contributed by atoms with Crippen LogP contribution in [0.4, 0.5) is 0 Å². The molecular formula is C16H20BrNOS2. The Morgan fingerprint density at radius 1 is 1.29 bits per heavy atom. The summed E-state index contributed by atoms with van der Waals surface area (Å²) < 4.78 is 16.5. The van der Waals surface area contributed by atoms with Gasteiger partial charge in [0.25, 0.3) is 0 Å². The fourth-order valence-corrected chi connectivity index (χ4v) is 4.26. The van der Waals surface area contributed by atoms with Gasteiger partial charge in [-0.15, -0.1) is 16.1 Å². The van der Waals surface area contributed by atoms with Crippen LogP contribution in [0.1, 0.15) is 37.3 Å². The summed E-state index contributed by atoms with van der Waals surface area (Å²) >= 11 is 4.09. The van der Waals surface area contributed by atoms with E-state index in [2.05, 4.69) is 44.2 Å². The van der Waals surface area contributed by atoms with Gasteiger partial charge in [0.15, 0.2) is 0 Å². The van der Waals surface area contributed by atoms with Crippen LogP contribution in [0.15, 0.2) is 46.3 Å². The van der Waals surface area contributed by atoms with E-state index in [1.807, 2.05) is 39.0 Å². The lowest BCUT2D eigenvalue weighted by Gasteiger charge is -2.27. The highest BCUT2D eigenvalue weighted by Gasteiger charge is 2.30. The van der Waals surface area contributed by atoms with Gasteiger partial charge in [0, 0.05) is 26.1 Å². The average molecular weight is 386 g/mol. The Hall–Kier alpha value is -0.330. The molecule has 0 amide bonds. The molecule has 0 aliphatic heterocycles. The fraction of sp³-hybridized carbons (Fsp3) is 0.375. The Morgan fingerprint density at radius 3 is 2.48 bits per heavy atom.